The summed E-state index contributed by atoms with van der Waals surface area (Å²) in [4.78, 5) is 61.9. The fourth-order valence-corrected chi connectivity index (χ4v) is 6.67. The summed E-state index contributed by atoms with van der Waals surface area (Å²) >= 11 is 0. The summed E-state index contributed by atoms with van der Waals surface area (Å²) in [5.74, 6) is -1.36. The molecule has 1 fully saturated rings. The first-order chi connectivity index (χ1) is 26.0. The lowest BCUT2D eigenvalue weighted by molar-refractivity contribution is -0.127. The highest BCUT2D eigenvalue weighted by Crippen LogP contribution is 2.29. The quantitative estimate of drug-likeness (QED) is 0.117. The Balaban J connectivity index is 1.52. The predicted octanol–water partition coefficient (Wildman–Crippen LogP) is 5.22. The number of aromatic nitrogens is 2. The Morgan fingerprint density at radius 3 is 1.61 bits per heavy atom. The van der Waals surface area contributed by atoms with E-state index in [1.165, 1.54) is 0 Å². The molecule has 1 aliphatic carbocycles. The summed E-state index contributed by atoms with van der Waals surface area (Å²) in [6.07, 6.45) is 6.34. The first-order valence-corrected chi connectivity index (χ1v) is 19.0. The van der Waals surface area contributed by atoms with Crippen molar-refractivity contribution in [3.63, 3.8) is 0 Å². The SMILES string of the molecule is CC(C)[C@H](NC(=O)OCc1ccccn1)C(=O)N[C@H](Cc1ccccc1)[C@@H](O)[C@@H](CC1CCCCC1)NC(=O)[C@@H](NC(=O)OCc1ccccn1)C(C)C. The van der Waals surface area contributed by atoms with Crippen LogP contribution in [0.1, 0.15) is 83.2 Å². The van der Waals surface area contributed by atoms with Crippen LogP contribution in [0.25, 0.3) is 0 Å². The van der Waals surface area contributed by atoms with Gasteiger partial charge in [-0.3, -0.25) is 19.6 Å². The fourth-order valence-electron chi connectivity index (χ4n) is 6.67. The predicted molar refractivity (Wildman–Crippen MR) is 204 cm³/mol. The standard InChI is InChI=1S/C41H56N6O7/c1-27(2)35(46-40(51)53-25-31-19-11-13-21-42-31)38(49)44-33(23-29-15-7-5-8-16-29)37(48)34(24-30-17-9-6-10-18-30)45-39(50)36(28(3)4)47-41(52)54-26-32-20-12-14-22-43-32/h5,7-8,11-16,19-22,27-28,30,33-37,48H,6,9-10,17-18,23-26H2,1-4H3,(H,44,49)(H,45,50)(H,46,51)(H,47,52)/t33-,34-,35+,36+,37-/m1/s1. The average molecular weight is 745 g/mol. The second-order valence-corrected chi connectivity index (χ2v) is 14.7. The summed E-state index contributed by atoms with van der Waals surface area (Å²) in [5.41, 5.74) is 1.99. The molecule has 13 heteroatoms. The van der Waals surface area contributed by atoms with Gasteiger partial charge in [-0.2, -0.15) is 0 Å². The first kappa shape index (κ1) is 41.7. The van der Waals surface area contributed by atoms with E-state index in [2.05, 4.69) is 31.2 Å². The summed E-state index contributed by atoms with van der Waals surface area (Å²) in [7, 11) is 0. The molecule has 1 aliphatic rings. The number of rotatable bonds is 18. The van der Waals surface area contributed by atoms with Gasteiger partial charge in [0.05, 0.1) is 29.6 Å². The van der Waals surface area contributed by atoms with Gasteiger partial charge in [-0.25, -0.2) is 9.59 Å². The molecule has 1 saturated carbocycles. The van der Waals surface area contributed by atoms with Crippen LogP contribution in [0, 0.1) is 17.8 Å². The molecule has 13 nitrogen and oxygen atoms in total. The molecule has 5 N–H and O–H groups in total. The van der Waals surface area contributed by atoms with Crippen LogP contribution >= 0.6 is 0 Å². The molecule has 292 valence electrons. The zero-order valence-electron chi connectivity index (χ0n) is 31.8. The van der Waals surface area contributed by atoms with Crippen LogP contribution in [0.15, 0.2) is 79.1 Å². The van der Waals surface area contributed by atoms with Gasteiger partial charge in [0.15, 0.2) is 0 Å². The van der Waals surface area contributed by atoms with Crippen molar-refractivity contribution >= 4 is 24.0 Å². The van der Waals surface area contributed by atoms with Gasteiger partial charge in [-0.05, 0) is 60.4 Å². The monoisotopic (exact) mass is 744 g/mol. The Morgan fingerprint density at radius 1 is 0.667 bits per heavy atom. The van der Waals surface area contributed by atoms with Crippen LogP contribution in [0.3, 0.4) is 0 Å². The van der Waals surface area contributed by atoms with Gasteiger partial charge in [0.25, 0.3) is 0 Å². The Labute approximate surface area is 318 Å². The Kier molecular flexibility index (Phi) is 16.7. The van der Waals surface area contributed by atoms with Crippen molar-refractivity contribution in [3.8, 4) is 0 Å². The normalized spacial score (nSPS) is 16.0. The molecule has 0 radical (unpaired) electrons. The van der Waals surface area contributed by atoms with E-state index in [1.54, 1.807) is 62.6 Å². The molecule has 3 aromatic rings. The lowest BCUT2D eigenvalue weighted by atomic mass is 9.82. The minimum Gasteiger partial charge on any atom is -0.443 e. The van der Waals surface area contributed by atoms with Crippen molar-refractivity contribution in [2.45, 2.75) is 116 Å². The molecule has 54 heavy (non-hydrogen) atoms. The van der Waals surface area contributed by atoms with E-state index in [1.807, 2.05) is 44.2 Å². The molecule has 5 atom stereocenters. The molecular formula is C41H56N6O7. The fraction of sp³-hybridized carbons (Fsp3) is 0.512. The summed E-state index contributed by atoms with van der Waals surface area (Å²) in [5, 5.41) is 23.7. The molecule has 2 aromatic heterocycles. The number of hydrogen-bond donors (Lipinski definition) is 5. The van der Waals surface area contributed by atoms with Gasteiger partial charge in [-0.1, -0.05) is 102 Å². The van der Waals surface area contributed by atoms with Crippen molar-refractivity contribution in [1.29, 1.82) is 0 Å². The van der Waals surface area contributed by atoms with E-state index in [-0.39, 0.29) is 37.4 Å². The number of pyridine rings is 2. The first-order valence-electron chi connectivity index (χ1n) is 19.0. The Bertz CT molecular complexity index is 1590. The highest BCUT2D eigenvalue weighted by molar-refractivity contribution is 5.87. The van der Waals surface area contributed by atoms with Crippen LogP contribution in [0.4, 0.5) is 9.59 Å². The highest BCUT2D eigenvalue weighted by Gasteiger charge is 2.37. The molecule has 4 amide bonds. The molecule has 0 bridgehead atoms. The molecule has 1 aromatic carbocycles. The van der Waals surface area contributed by atoms with Crippen molar-refractivity contribution in [2.24, 2.45) is 17.8 Å². The Hall–Kier alpha value is -5.04. The van der Waals surface area contributed by atoms with Crippen molar-refractivity contribution in [3.05, 3.63) is 96.1 Å². The van der Waals surface area contributed by atoms with E-state index < -0.39 is 54.3 Å². The maximum atomic E-state index is 14.0. The number of benzene rings is 1. The second kappa shape index (κ2) is 21.6. The number of ether oxygens (including phenoxy) is 2. The largest absolute Gasteiger partial charge is 0.443 e. The molecular weight excluding hydrogens is 688 g/mol. The van der Waals surface area contributed by atoms with Crippen LogP contribution in [0.5, 0.6) is 0 Å². The van der Waals surface area contributed by atoms with E-state index >= 15 is 0 Å². The zero-order chi connectivity index (χ0) is 38.9. The number of nitrogens with zero attached hydrogens (tertiary/aromatic N) is 2. The third-order valence-electron chi connectivity index (χ3n) is 9.69. The van der Waals surface area contributed by atoms with Crippen LogP contribution in [0.2, 0.25) is 0 Å². The summed E-state index contributed by atoms with van der Waals surface area (Å²) in [6, 6.07) is 16.5. The lowest BCUT2D eigenvalue weighted by Crippen LogP contribution is -2.61. The second-order valence-electron chi connectivity index (χ2n) is 14.7. The third kappa shape index (κ3) is 13.7. The van der Waals surface area contributed by atoms with Gasteiger partial charge < -0.3 is 35.8 Å². The lowest BCUT2D eigenvalue weighted by Gasteiger charge is -2.36. The number of hydrogen-bond acceptors (Lipinski definition) is 9. The summed E-state index contributed by atoms with van der Waals surface area (Å²) < 4.78 is 10.7. The highest BCUT2D eigenvalue weighted by atomic mass is 16.6. The molecule has 0 saturated heterocycles. The molecule has 0 aliphatic heterocycles. The summed E-state index contributed by atoms with van der Waals surface area (Å²) in [6.45, 7) is 7.11. The number of aliphatic hydroxyl groups excluding tert-OH is 1. The molecule has 0 spiro atoms. The topological polar surface area (TPSA) is 181 Å². The number of carbonyl (C=O) groups is 4. The van der Waals surface area contributed by atoms with E-state index in [9.17, 15) is 24.3 Å². The van der Waals surface area contributed by atoms with E-state index in [0.717, 1.165) is 37.7 Å². The number of alkyl carbamates (subject to hydrolysis) is 2. The maximum Gasteiger partial charge on any atom is 0.408 e. The third-order valence-corrected chi connectivity index (χ3v) is 9.69. The minimum absolute atomic E-state index is 0.0584. The van der Waals surface area contributed by atoms with Gasteiger partial charge in [0, 0.05) is 12.4 Å². The molecule has 4 rings (SSSR count). The zero-order valence-corrected chi connectivity index (χ0v) is 31.8. The van der Waals surface area contributed by atoms with Gasteiger partial charge in [-0.15, -0.1) is 0 Å². The van der Waals surface area contributed by atoms with Gasteiger partial charge in [0.2, 0.25) is 11.8 Å². The van der Waals surface area contributed by atoms with Crippen LogP contribution in [-0.4, -0.2) is 69.3 Å². The maximum absolute atomic E-state index is 14.0. The van der Waals surface area contributed by atoms with Crippen LogP contribution in [-0.2, 0) is 38.7 Å². The van der Waals surface area contributed by atoms with E-state index in [0.29, 0.717) is 17.8 Å². The number of aliphatic hydroxyl groups is 1. The molecule has 2 heterocycles. The van der Waals surface area contributed by atoms with Gasteiger partial charge in [0.1, 0.15) is 25.3 Å². The van der Waals surface area contributed by atoms with E-state index in [4.69, 9.17) is 9.47 Å². The van der Waals surface area contributed by atoms with Crippen molar-refractivity contribution in [2.75, 3.05) is 0 Å². The smallest absolute Gasteiger partial charge is 0.408 e. The minimum atomic E-state index is -1.23. The molecule has 0 unspecified atom stereocenters. The number of amides is 4. The van der Waals surface area contributed by atoms with Crippen molar-refractivity contribution < 1.29 is 33.8 Å². The van der Waals surface area contributed by atoms with Crippen molar-refractivity contribution in [1.82, 2.24) is 31.2 Å². The average Bonchev–Trinajstić information content (AvgIpc) is 3.17. The Morgan fingerprint density at radius 2 is 1.15 bits per heavy atom. The number of nitrogens with one attached hydrogen (secondary N) is 4. The van der Waals surface area contributed by atoms with Gasteiger partial charge >= 0.3 is 12.2 Å². The van der Waals surface area contributed by atoms with Crippen LogP contribution < -0.4 is 21.3 Å². The number of carbonyl (C=O) groups excluding carboxylic acids is 4.